The van der Waals surface area contributed by atoms with Gasteiger partial charge in [0.25, 0.3) is 0 Å². The van der Waals surface area contributed by atoms with Crippen molar-refractivity contribution >= 4 is 0 Å². The second kappa shape index (κ2) is 11.0. The molecule has 0 radical (unpaired) electrons. The average Bonchev–Trinajstić information content (AvgIpc) is 3.11. The van der Waals surface area contributed by atoms with Crippen LogP contribution in [0.3, 0.4) is 0 Å². The van der Waals surface area contributed by atoms with Crippen LogP contribution in [0.2, 0.25) is 0 Å². The van der Waals surface area contributed by atoms with Gasteiger partial charge in [-0.1, -0.05) is 104 Å². The fourth-order valence-electron chi connectivity index (χ4n) is 4.14. The maximum atomic E-state index is 6.22. The highest BCUT2D eigenvalue weighted by atomic mass is 16.5. The van der Waals surface area contributed by atoms with E-state index < -0.39 is 0 Å². The van der Waals surface area contributed by atoms with Crippen molar-refractivity contribution in [2.45, 2.75) is 58.5 Å². The summed E-state index contributed by atoms with van der Waals surface area (Å²) < 4.78 is 6.22. The molecule has 148 valence electrons. The molecule has 2 aromatic rings. The largest absolute Gasteiger partial charge is 0.376 e. The SMILES string of the molecule is CCCC/C=C/CC1=CCC(c2ccccc2)[C@@H]1COCc1cccc(C)c1. The minimum absolute atomic E-state index is 0.475. The number of rotatable bonds is 10. The first-order valence-corrected chi connectivity index (χ1v) is 10.8. The summed E-state index contributed by atoms with van der Waals surface area (Å²) in [5, 5.41) is 0. The summed E-state index contributed by atoms with van der Waals surface area (Å²) in [7, 11) is 0. The van der Waals surface area contributed by atoms with Gasteiger partial charge in [-0.25, -0.2) is 0 Å². The molecular weight excluding hydrogens is 340 g/mol. The maximum Gasteiger partial charge on any atom is 0.0717 e. The third-order valence-corrected chi connectivity index (χ3v) is 5.72. The van der Waals surface area contributed by atoms with Crippen molar-refractivity contribution in [1.29, 1.82) is 0 Å². The Morgan fingerprint density at radius 3 is 2.68 bits per heavy atom. The van der Waals surface area contributed by atoms with Gasteiger partial charge >= 0.3 is 0 Å². The third-order valence-electron chi connectivity index (χ3n) is 5.72. The molecule has 0 heterocycles. The van der Waals surface area contributed by atoms with E-state index in [1.54, 1.807) is 5.57 Å². The van der Waals surface area contributed by atoms with Crippen LogP contribution < -0.4 is 0 Å². The molecule has 0 amide bonds. The lowest BCUT2D eigenvalue weighted by Gasteiger charge is -2.23. The first-order valence-electron chi connectivity index (χ1n) is 10.8. The van der Waals surface area contributed by atoms with Gasteiger partial charge in [0.15, 0.2) is 0 Å². The van der Waals surface area contributed by atoms with Crippen LogP contribution >= 0.6 is 0 Å². The lowest BCUT2D eigenvalue weighted by Crippen LogP contribution is -2.17. The first kappa shape index (κ1) is 20.6. The summed E-state index contributed by atoms with van der Waals surface area (Å²) in [5.41, 5.74) is 5.54. The van der Waals surface area contributed by atoms with Gasteiger partial charge in [-0.2, -0.15) is 0 Å². The number of unbranched alkanes of at least 4 members (excludes halogenated alkanes) is 2. The molecule has 0 saturated heterocycles. The molecule has 0 spiro atoms. The van der Waals surface area contributed by atoms with Crippen molar-refractivity contribution in [1.82, 2.24) is 0 Å². The van der Waals surface area contributed by atoms with Gasteiger partial charge in [-0.3, -0.25) is 0 Å². The zero-order chi connectivity index (χ0) is 19.6. The second-order valence-corrected chi connectivity index (χ2v) is 7.96. The Hall–Kier alpha value is -2.12. The van der Waals surface area contributed by atoms with E-state index in [-0.39, 0.29) is 0 Å². The number of ether oxygens (including phenoxy) is 1. The predicted molar refractivity (Wildman–Crippen MR) is 119 cm³/mol. The number of allylic oxidation sites excluding steroid dienone is 3. The standard InChI is InChI=1S/C27H34O/c1-3-4-5-6-8-16-25-17-18-26(24-14-9-7-10-15-24)27(25)21-28-20-23-13-11-12-22(2)19-23/h6-15,17,19,26-27H,3-5,16,18,20-21H2,1-2H3/b8-6+/t26?,27-/m1/s1. The number of benzene rings is 2. The summed E-state index contributed by atoms with van der Waals surface area (Å²) in [6, 6.07) is 19.6. The number of hydrogen-bond donors (Lipinski definition) is 0. The first-order chi connectivity index (χ1) is 13.8. The molecule has 0 bridgehead atoms. The van der Waals surface area contributed by atoms with E-state index in [0.29, 0.717) is 18.4 Å². The van der Waals surface area contributed by atoms with Gasteiger partial charge in [0.05, 0.1) is 13.2 Å². The van der Waals surface area contributed by atoms with Crippen LogP contribution in [0.4, 0.5) is 0 Å². The molecule has 0 saturated carbocycles. The zero-order valence-electron chi connectivity index (χ0n) is 17.4. The molecule has 2 aromatic carbocycles. The molecule has 1 unspecified atom stereocenters. The van der Waals surface area contributed by atoms with Gasteiger partial charge in [0.2, 0.25) is 0 Å². The smallest absolute Gasteiger partial charge is 0.0717 e. The molecule has 1 nitrogen and oxygen atoms in total. The highest BCUT2D eigenvalue weighted by Crippen LogP contribution is 2.41. The topological polar surface area (TPSA) is 9.23 Å². The Balaban J connectivity index is 1.63. The zero-order valence-corrected chi connectivity index (χ0v) is 17.4. The van der Waals surface area contributed by atoms with Crippen LogP contribution in [0.1, 0.15) is 61.6 Å². The molecule has 2 atom stereocenters. The van der Waals surface area contributed by atoms with Crippen molar-refractivity contribution in [2.24, 2.45) is 5.92 Å². The Morgan fingerprint density at radius 2 is 1.89 bits per heavy atom. The van der Waals surface area contributed by atoms with Gasteiger partial charge in [0, 0.05) is 5.92 Å². The number of hydrogen-bond acceptors (Lipinski definition) is 1. The Kier molecular flexibility index (Phi) is 8.11. The van der Waals surface area contributed by atoms with Crippen LogP contribution in [0.5, 0.6) is 0 Å². The molecule has 1 aliphatic rings. The quantitative estimate of drug-likeness (QED) is 0.311. The Labute approximate surface area is 171 Å². The van der Waals surface area contributed by atoms with E-state index in [9.17, 15) is 0 Å². The minimum atomic E-state index is 0.475. The molecule has 0 aliphatic heterocycles. The normalized spacial score (nSPS) is 19.3. The van der Waals surface area contributed by atoms with E-state index in [1.165, 1.54) is 36.0 Å². The highest BCUT2D eigenvalue weighted by molar-refractivity contribution is 5.31. The van der Waals surface area contributed by atoms with E-state index in [4.69, 9.17) is 4.74 Å². The van der Waals surface area contributed by atoms with Crippen LogP contribution in [-0.2, 0) is 11.3 Å². The lowest BCUT2D eigenvalue weighted by atomic mass is 9.85. The molecule has 0 N–H and O–H groups in total. The fourth-order valence-corrected chi connectivity index (χ4v) is 4.14. The molecular formula is C27H34O. The Bertz CT molecular complexity index is 772. The van der Waals surface area contributed by atoms with Gasteiger partial charge in [-0.05, 0) is 43.2 Å². The molecule has 3 rings (SSSR count). The second-order valence-electron chi connectivity index (χ2n) is 7.96. The summed E-state index contributed by atoms with van der Waals surface area (Å²) in [5.74, 6) is 1.01. The molecule has 0 fully saturated rings. The lowest BCUT2D eigenvalue weighted by molar-refractivity contribution is 0.0911. The van der Waals surface area contributed by atoms with Crippen molar-refractivity contribution in [3.63, 3.8) is 0 Å². The van der Waals surface area contributed by atoms with Crippen LogP contribution in [-0.4, -0.2) is 6.61 Å². The number of aryl methyl sites for hydroxylation is 1. The van der Waals surface area contributed by atoms with Crippen LogP contribution in [0.25, 0.3) is 0 Å². The fraction of sp³-hybridized carbons (Fsp3) is 0.407. The van der Waals surface area contributed by atoms with Crippen molar-refractivity contribution in [2.75, 3.05) is 6.61 Å². The molecule has 1 aliphatic carbocycles. The molecule has 28 heavy (non-hydrogen) atoms. The van der Waals surface area contributed by atoms with Crippen molar-refractivity contribution in [3.8, 4) is 0 Å². The van der Waals surface area contributed by atoms with Crippen molar-refractivity contribution < 1.29 is 4.74 Å². The van der Waals surface area contributed by atoms with E-state index in [2.05, 4.69) is 86.7 Å². The monoisotopic (exact) mass is 374 g/mol. The average molecular weight is 375 g/mol. The summed E-state index contributed by atoms with van der Waals surface area (Å²) in [6.45, 7) is 5.87. The Morgan fingerprint density at radius 1 is 1.04 bits per heavy atom. The van der Waals surface area contributed by atoms with Crippen LogP contribution in [0, 0.1) is 12.8 Å². The molecule has 1 heteroatoms. The van der Waals surface area contributed by atoms with E-state index in [1.807, 2.05) is 0 Å². The molecule has 0 aromatic heterocycles. The van der Waals surface area contributed by atoms with E-state index >= 15 is 0 Å². The van der Waals surface area contributed by atoms with Gasteiger partial charge < -0.3 is 4.74 Å². The summed E-state index contributed by atoms with van der Waals surface area (Å²) in [6.07, 6.45) is 13.1. The van der Waals surface area contributed by atoms with Gasteiger partial charge in [-0.15, -0.1) is 0 Å². The minimum Gasteiger partial charge on any atom is -0.376 e. The summed E-state index contributed by atoms with van der Waals surface area (Å²) in [4.78, 5) is 0. The predicted octanol–water partition coefficient (Wildman–Crippen LogP) is 7.38. The van der Waals surface area contributed by atoms with E-state index in [0.717, 1.165) is 19.4 Å². The summed E-state index contributed by atoms with van der Waals surface area (Å²) >= 11 is 0. The van der Waals surface area contributed by atoms with Crippen molar-refractivity contribution in [3.05, 3.63) is 95.1 Å². The third kappa shape index (κ3) is 5.94. The highest BCUT2D eigenvalue weighted by Gasteiger charge is 2.30. The van der Waals surface area contributed by atoms with Gasteiger partial charge in [0.1, 0.15) is 0 Å². The maximum absolute atomic E-state index is 6.22. The van der Waals surface area contributed by atoms with Crippen LogP contribution in [0.15, 0.2) is 78.4 Å².